The van der Waals surface area contributed by atoms with E-state index in [0.29, 0.717) is 24.6 Å². The third-order valence-corrected chi connectivity index (χ3v) is 6.10. The second-order valence-corrected chi connectivity index (χ2v) is 8.51. The third-order valence-electron chi connectivity index (χ3n) is 6.10. The van der Waals surface area contributed by atoms with Crippen LogP contribution in [0.25, 0.3) is 22.6 Å². The van der Waals surface area contributed by atoms with Gasteiger partial charge in [0.15, 0.2) is 5.82 Å². The summed E-state index contributed by atoms with van der Waals surface area (Å²) >= 11 is 0. The third kappa shape index (κ3) is 4.96. The van der Waals surface area contributed by atoms with Crippen LogP contribution in [-0.4, -0.2) is 34.7 Å². The van der Waals surface area contributed by atoms with Gasteiger partial charge in [-0.2, -0.15) is 0 Å². The molecule has 5 aromatic rings. The fraction of sp³-hybridized carbons (Fsp3) is 0.222. The molecule has 0 amide bonds. The van der Waals surface area contributed by atoms with Gasteiger partial charge in [0.25, 0.3) is 0 Å². The second-order valence-electron chi connectivity index (χ2n) is 8.51. The Kier molecular flexibility index (Phi) is 6.61. The normalized spacial score (nSPS) is 11.1. The molecule has 0 atom stereocenters. The highest BCUT2D eigenvalue weighted by Gasteiger charge is 2.14. The van der Waals surface area contributed by atoms with E-state index in [2.05, 4.69) is 68.9 Å². The fourth-order valence-electron chi connectivity index (χ4n) is 4.32. The molecule has 0 bridgehead atoms. The molecule has 0 aliphatic carbocycles. The van der Waals surface area contributed by atoms with Crippen molar-refractivity contribution in [1.82, 2.24) is 34.7 Å². The maximum Gasteiger partial charge on any atom is 0.328 e. The van der Waals surface area contributed by atoms with Crippen molar-refractivity contribution in [1.29, 1.82) is 0 Å². The van der Waals surface area contributed by atoms with Crippen LogP contribution in [0.2, 0.25) is 0 Å². The van der Waals surface area contributed by atoms with Crippen LogP contribution >= 0.6 is 0 Å². The smallest absolute Gasteiger partial charge is 0.299 e. The molecule has 0 spiro atoms. The van der Waals surface area contributed by atoms with Crippen molar-refractivity contribution in [3.05, 3.63) is 106 Å². The Morgan fingerprint density at radius 2 is 1.74 bits per heavy atom. The lowest BCUT2D eigenvalue weighted by atomic mass is 10.0. The molecule has 0 fully saturated rings. The minimum absolute atomic E-state index is 0.0424. The van der Waals surface area contributed by atoms with Crippen LogP contribution in [0.3, 0.4) is 0 Å². The second kappa shape index (κ2) is 10.3. The van der Waals surface area contributed by atoms with E-state index in [4.69, 9.17) is 0 Å². The molecule has 0 radical (unpaired) electrons. The molecule has 0 saturated heterocycles. The molecular weight excluding hydrogens is 438 g/mol. The van der Waals surface area contributed by atoms with Gasteiger partial charge in [0.2, 0.25) is 0 Å². The van der Waals surface area contributed by atoms with Crippen molar-refractivity contribution < 1.29 is 0 Å². The zero-order valence-electron chi connectivity index (χ0n) is 19.6. The van der Waals surface area contributed by atoms with Crippen LogP contribution in [-0.2, 0) is 25.9 Å². The number of imidazole rings is 1. The minimum atomic E-state index is 0.0424. The van der Waals surface area contributed by atoms with E-state index < -0.39 is 0 Å². The Bertz CT molecular complexity index is 1440. The fourth-order valence-corrected chi connectivity index (χ4v) is 4.32. The number of tetrazole rings is 1. The van der Waals surface area contributed by atoms with Gasteiger partial charge in [0.05, 0.1) is 6.54 Å². The summed E-state index contributed by atoms with van der Waals surface area (Å²) in [5, 5.41) is 14.1. The van der Waals surface area contributed by atoms with Gasteiger partial charge in [-0.25, -0.2) is 9.89 Å². The molecule has 176 valence electrons. The summed E-state index contributed by atoms with van der Waals surface area (Å²) < 4.78 is 3.75. The van der Waals surface area contributed by atoms with Crippen molar-refractivity contribution in [2.45, 2.75) is 39.3 Å². The summed E-state index contributed by atoms with van der Waals surface area (Å²) in [6.45, 7) is 3.35. The Labute approximate surface area is 203 Å². The number of aryl methyl sites for hydroxylation is 3. The van der Waals surface area contributed by atoms with E-state index in [1.54, 1.807) is 6.20 Å². The molecule has 8 heteroatoms. The van der Waals surface area contributed by atoms with Gasteiger partial charge >= 0.3 is 5.69 Å². The van der Waals surface area contributed by atoms with Gasteiger partial charge in [-0.3, -0.25) is 14.1 Å². The molecule has 3 aromatic heterocycles. The number of hydrogen-bond acceptors (Lipinski definition) is 5. The predicted molar refractivity (Wildman–Crippen MR) is 135 cm³/mol. The molecule has 0 aliphatic rings. The number of H-pyrrole nitrogens is 1. The summed E-state index contributed by atoms with van der Waals surface area (Å²) in [5.74, 6) is 0.525. The molecule has 0 unspecified atom stereocenters. The van der Waals surface area contributed by atoms with Gasteiger partial charge in [0.1, 0.15) is 5.69 Å². The van der Waals surface area contributed by atoms with E-state index >= 15 is 0 Å². The highest BCUT2D eigenvalue weighted by atomic mass is 16.1. The summed E-state index contributed by atoms with van der Waals surface area (Å²) in [5.41, 5.74) is 6.06. The maximum atomic E-state index is 13.3. The zero-order valence-corrected chi connectivity index (χ0v) is 19.6. The summed E-state index contributed by atoms with van der Waals surface area (Å²) in [7, 11) is 0. The van der Waals surface area contributed by atoms with E-state index in [1.165, 1.54) is 5.56 Å². The van der Waals surface area contributed by atoms with E-state index in [-0.39, 0.29) is 5.69 Å². The average Bonchev–Trinajstić information content (AvgIpc) is 3.54. The molecule has 2 aromatic carbocycles. The van der Waals surface area contributed by atoms with Crippen molar-refractivity contribution in [3.63, 3.8) is 0 Å². The van der Waals surface area contributed by atoms with Crippen LogP contribution in [0.5, 0.6) is 0 Å². The summed E-state index contributed by atoms with van der Waals surface area (Å²) in [6.07, 6.45) is 6.44. The van der Waals surface area contributed by atoms with Gasteiger partial charge in [0, 0.05) is 30.2 Å². The highest BCUT2D eigenvalue weighted by Crippen LogP contribution is 2.28. The Hall–Kier alpha value is -4.33. The first-order chi connectivity index (χ1) is 17.2. The molecular formula is C27H27N7O. The Balaban J connectivity index is 1.38. The van der Waals surface area contributed by atoms with Crippen LogP contribution in [0.4, 0.5) is 0 Å². The highest BCUT2D eigenvalue weighted by molar-refractivity contribution is 5.77. The number of benzene rings is 2. The standard InChI is InChI=1S/C27H27N7O/c1-2-7-23-19-33(17-15-20-8-4-3-5-9-20)27(35)34(23)18-21-11-13-22(14-12-21)24-10-6-16-28-25(24)26-29-31-32-30-26/h3-6,8-14,16,19H,2,7,15,17-18H2,1H3,(H,29,30,31,32). The first kappa shape index (κ1) is 22.5. The largest absolute Gasteiger partial charge is 0.328 e. The lowest BCUT2D eigenvalue weighted by molar-refractivity contribution is 0.628. The van der Waals surface area contributed by atoms with Crippen LogP contribution in [0.1, 0.15) is 30.2 Å². The van der Waals surface area contributed by atoms with Gasteiger partial charge < -0.3 is 0 Å². The average molecular weight is 466 g/mol. The van der Waals surface area contributed by atoms with E-state index in [9.17, 15) is 4.79 Å². The number of aromatic amines is 1. The summed E-state index contributed by atoms with van der Waals surface area (Å²) in [4.78, 5) is 17.7. The molecule has 1 N–H and O–H groups in total. The molecule has 3 heterocycles. The quantitative estimate of drug-likeness (QED) is 0.353. The number of aromatic nitrogens is 7. The van der Waals surface area contributed by atoms with Gasteiger partial charge in [-0.1, -0.05) is 74.0 Å². The van der Waals surface area contributed by atoms with E-state index in [1.807, 2.05) is 45.7 Å². The lowest BCUT2D eigenvalue weighted by Crippen LogP contribution is -2.26. The van der Waals surface area contributed by atoms with Gasteiger partial charge in [-0.15, -0.1) is 5.10 Å². The first-order valence-electron chi connectivity index (χ1n) is 11.8. The summed E-state index contributed by atoms with van der Waals surface area (Å²) in [6, 6.07) is 22.4. The maximum absolute atomic E-state index is 13.3. The van der Waals surface area contributed by atoms with Crippen LogP contribution in [0.15, 0.2) is 83.9 Å². The Morgan fingerprint density at radius 3 is 2.49 bits per heavy atom. The van der Waals surface area contributed by atoms with Crippen molar-refractivity contribution in [2.75, 3.05) is 0 Å². The van der Waals surface area contributed by atoms with Crippen molar-refractivity contribution in [3.8, 4) is 22.6 Å². The molecule has 5 rings (SSSR count). The molecule has 0 saturated carbocycles. The van der Waals surface area contributed by atoms with E-state index in [0.717, 1.165) is 41.6 Å². The predicted octanol–water partition coefficient (Wildman–Crippen LogP) is 4.14. The first-order valence-corrected chi connectivity index (χ1v) is 11.8. The number of rotatable bonds is 9. The van der Waals surface area contributed by atoms with Crippen LogP contribution in [0, 0.1) is 0 Å². The van der Waals surface area contributed by atoms with Crippen molar-refractivity contribution in [2.24, 2.45) is 0 Å². The van der Waals surface area contributed by atoms with Crippen molar-refractivity contribution >= 4 is 0 Å². The lowest BCUT2D eigenvalue weighted by Gasteiger charge is -2.09. The minimum Gasteiger partial charge on any atom is -0.299 e. The SMILES string of the molecule is CCCc1cn(CCc2ccccc2)c(=O)n1Cc1ccc(-c2cccnc2-c2nnn[nH]2)cc1. The zero-order chi connectivity index (χ0) is 24.0. The number of nitrogens with zero attached hydrogens (tertiary/aromatic N) is 6. The molecule has 35 heavy (non-hydrogen) atoms. The number of hydrogen-bond donors (Lipinski definition) is 1. The topological polar surface area (TPSA) is 94.3 Å². The molecule has 0 aliphatic heterocycles. The van der Waals surface area contributed by atoms with Crippen LogP contribution < -0.4 is 5.69 Å². The number of pyridine rings is 1. The Morgan fingerprint density at radius 1 is 0.914 bits per heavy atom. The van der Waals surface area contributed by atoms with Gasteiger partial charge in [-0.05, 0) is 46.0 Å². The monoisotopic (exact) mass is 465 g/mol. The molecule has 8 nitrogen and oxygen atoms in total. The number of nitrogens with one attached hydrogen (secondary N) is 1.